The first-order valence-corrected chi connectivity index (χ1v) is 7.60. The van der Waals surface area contributed by atoms with Crippen molar-refractivity contribution >= 4 is 33.2 Å². The van der Waals surface area contributed by atoms with E-state index in [0.717, 1.165) is 27.4 Å². The molecule has 0 spiro atoms. The highest BCUT2D eigenvalue weighted by atomic mass is 79.9. The van der Waals surface area contributed by atoms with E-state index >= 15 is 0 Å². The fraction of sp³-hybridized carbons (Fsp3) is 0.250. The van der Waals surface area contributed by atoms with Gasteiger partial charge in [-0.1, -0.05) is 23.7 Å². The van der Waals surface area contributed by atoms with E-state index < -0.39 is 0 Å². The SMILES string of the molecule is COc1ccc(CC(C)Nc2ccc(Cl)cc2Br)cc1. The van der Waals surface area contributed by atoms with Crippen LogP contribution in [-0.4, -0.2) is 13.2 Å². The van der Waals surface area contributed by atoms with Crippen LogP contribution in [0.25, 0.3) is 0 Å². The molecule has 2 rings (SSSR count). The van der Waals surface area contributed by atoms with E-state index in [1.807, 2.05) is 30.3 Å². The highest BCUT2D eigenvalue weighted by molar-refractivity contribution is 9.10. The lowest BCUT2D eigenvalue weighted by atomic mass is 10.1. The van der Waals surface area contributed by atoms with Crippen LogP contribution in [0, 0.1) is 0 Å². The average Bonchev–Trinajstić information content (AvgIpc) is 2.43. The van der Waals surface area contributed by atoms with Crippen molar-refractivity contribution in [2.24, 2.45) is 0 Å². The summed E-state index contributed by atoms with van der Waals surface area (Å²) in [6.07, 6.45) is 0.944. The van der Waals surface area contributed by atoms with Crippen LogP contribution in [0.15, 0.2) is 46.9 Å². The van der Waals surface area contributed by atoms with E-state index in [4.69, 9.17) is 16.3 Å². The molecule has 0 aromatic heterocycles. The Morgan fingerprint density at radius 2 is 1.90 bits per heavy atom. The predicted octanol–water partition coefficient (Wildman–Crippen LogP) is 5.15. The Morgan fingerprint density at radius 3 is 2.50 bits per heavy atom. The van der Waals surface area contributed by atoms with Gasteiger partial charge in [0.25, 0.3) is 0 Å². The minimum absolute atomic E-state index is 0.320. The van der Waals surface area contributed by atoms with Gasteiger partial charge in [0.2, 0.25) is 0 Å². The van der Waals surface area contributed by atoms with Crippen molar-refractivity contribution in [3.63, 3.8) is 0 Å². The van der Waals surface area contributed by atoms with E-state index in [1.54, 1.807) is 7.11 Å². The number of ether oxygens (including phenoxy) is 1. The van der Waals surface area contributed by atoms with Gasteiger partial charge in [-0.25, -0.2) is 0 Å². The van der Waals surface area contributed by atoms with Crippen molar-refractivity contribution in [3.8, 4) is 5.75 Å². The Hall–Kier alpha value is -1.19. The maximum absolute atomic E-state index is 5.94. The average molecular weight is 355 g/mol. The van der Waals surface area contributed by atoms with Gasteiger partial charge in [0, 0.05) is 21.2 Å². The summed E-state index contributed by atoms with van der Waals surface area (Å²) in [6, 6.07) is 14.2. The van der Waals surface area contributed by atoms with Crippen LogP contribution >= 0.6 is 27.5 Å². The smallest absolute Gasteiger partial charge is 0.118 e. The van der Waals surface area contributed by atoms with E-state index in [1.165, 1.54) is 5.56 Å². The molecule has 0 aliphatic carbocycles. The van der Waals surface area contributed by atoms with Crippen molar-refractivity contribution in [1.82, 2.24) is 0 Å². The first-order valence-electron chi connectivity index (χ1n) is 6.43. The zero-order valence-electron chi connectivity index (χ0n) is 11.5. The molecule has 0 amide bonds. The molecule has 0 bridgehead atoms. The third kappa shape index (κ3) is 4.15. The molecule has 0 saturated heterocycles. The summed E-state index contributed by atoms with van der Waals surface area (Å²) >= 11 is 9.46. The van der Waals surface area contributed by atoms with Crippen LogP contribution in [0.5, 0.6) is 5.75 Å². The van der Waals surface area contributed by atoms with E-state index in [-0.39, 0.29) is 0 Å². The Balaban J connectivity index is 1.99. The van der Waals surface area contributed by atoms with Crippen molar-refractivity contribution in [2.75, 3.05) is 12.4 Å². The molecule has 0 fully saturated rings. The maximum Gasteiger partial charge on any atom is 0.118 e. The molecule has 0 aliphatic rings. The number of anilines is 1. The Morgan fingerprint density at radius 1 is 1.20 bits per heavy atom. The summed E-state index contributed by atoms with van der Waals surface area (Å²) in [5, 5.41) is 4.20. The summed E-state index contributed by atoms with van der Waals surface area (Å²) in [4.78, 5) is 0. The van der Waals surface area contributed by atoms with Crippen LogP contribution in [0.4, 0.5) is 5.69 Å². The first kappa shape index (κ1) is 15.2. The summed E-state index contributed by atoms with van der Waals surface area (Å²) in [5.74, 6) is 0.884. The van der Waals surface area contributed by atoms with Crippen molar-refractivity contribution in [2.45, 2.75) is 19.4 Å². The van der Waals surface area contributed by atoms with Gasteiger partial charge in [-0.15, -0.1) is 0 Å². The minimum atomic E-state index is 0.320. The molecule has 0 heterocycles. The first-order chi connectivity index (χ1) is 9.58. The summed E-state index contributed by atoms with van der Waals surface area (Å²) in [6.45, 7) is 2.16. The highest BCUT2D eigenvalue weighted by Crippen LogP contribution is 2.26. The number of methoxy groups -OCH3 is 1. The van der Waals surface area contributed by atoms with E-state index in [9.17, 15) is 0 Å². The fourth-order valence-electron chi connectivity index (χ4n) is 2.04. The number of nitrogens with one attached hydrogen (secondary N) is 1. The Labute approximate surface area is 133 Å². The second kappa shape index (κ2) is 7.00. The molecule has 1 N–H and O–H groups in total. The number of rotatable bonds is 5. The Kier molecular flexibility index (Phi) is 5.32. The molecular weight excluding hydrogens is 338 g/mol. The van der Waals surface area contributed by atoms with Gasteiger partial charge in [-0.3, -0.25) is 0 Å². The minimum Gasteiger partial charge on any atom is -0.497 e. The highest BCUT2D eigenvalue weighted by Gasteiger charge is 2.07. The van der Waals surface area contributed by atoms with Gasteiger partial charge in [0.05, 0.1) is 7.11 Å². The third-order valence-corrected chi connectivity index (χ3v) is 3.93. The summed E-state index contributed by atoms with van der Waals surface area (Å²) < 4.78 is 6.14. The number of benzene rings is 2. The van der Waals surface area contributed by atoms with E-state index in [0.29, 0.717) is 6.04 Å². The number of hydrogen-bond donors (Lipinski definition) is 1. The monoisotopic (exact) mass is 353 g/mol. The van der Waals surface area contributed by atoms with Gasteiger partial charge in [-0.05, 0) is 65.2 Å². The third-order valence-electron chi connectivity index (χ3n) is 3.03. The summed E-state index contributed by atoms with van der Waals surface area (Å²) in [5.41, 5.74) is 2.33. The van der Waals surface area contributed by atoms with Crippen LogP contribution in [-0.2, 0) is 6.42 Å². The van der Waals surface area contributed by atoms with Crippen LogP contribution < -0.4 is 10.1 Å². The largest absolute Gasteiger partial charge is 0.497 e. The van der Waals surface area contributed by atoms with Gasteiger partial charge in [0.1, 0.15) is 5.75 Å². The molecule has 2 aromatic rings. The lowest BCUT2D eigenvalue weighted by Gasteiger charge is -2.17. The van der Waals surface area contributed by atoms with E-state index in [2.05, 4.69) is 40.3 Å². The van der Waals surface area contributed by atoms with Crippen molar-refractivity contribution < 1.29 is 4.74 Å². The normalized spacial score (nSPS) is 12.0. The molecule has 2 nitrogen and oxygen atoms in total. The second-order valence-corrected chi connectivity index (χ2v) is 6.01. The maximum atomic E-state index is 5.94. The lowest BCUT2D eigenvalue weighted by molar-refractivity contribution is 0.414. The number of hydrogen-bond acceptors (Lipinski definition) is 2. The molecule has 0 radical (unpaired) electrons. The Bertz CT molecular complexity index is 571. The van der Waals surface area contributed by atoms with Gasteiger partial charge in [0.15, 0.2) is 0 Å². The molecular formula is C16H17BrClNO. The molecule has 1 atom stereocenters. The van der Waals surface area contributed by atoms with Crippen LogP contribution in [0.1, 0.15) is 12.5 Å². The summed E-state index contributed by atoms with van der Waals surface area (Å²) in [7, 11) is 1.68. The van der Waals surface area contributed by atoms with Crippen LogP contribution in [0.3, 0.4) is 0 Å². The molecule has 4 heteroatoms. The molecule has 1 unspecified atom stereocenters. The zero-order chi connectivity index (χ0) is 14.5. The van der Waals surface area contributed by atoms with Gasteiger partial charge in [-0.2, -0.15) is 0 Å². The fourth-order valence-corrected chi connectivity index (χ4v) is 2.84. The van der Waals surface area contributed by atoms with Crippen LogP contribution in [0.2, 0.25) is 5.02 Å². The van der Waals surface area contributed by atoms with Gasteiger partial charge < -0.3 is 10.1 Å². The topological polar surface area (TPSA) is 21.3 Å². The lowest BCUT2D eigenvalue weighted by Crippen LogP contribution is -2.18. The van der Waals surface area contributed by atoms with Crippen molar-refractivity contribution in [1.29, 1.82) is 0 Å². The molecule has 0 aliphatic heterocycles. The molecule has 106 valence electrons. The zero-order valence-corrected chi connectivity index (χ0v) is 13.8. The quantitative estimate of drug-likeness (QED) is 0.801. The second-order valence-electron chi connectivity index (χ2n) is 4.72. The van der Waals surface area contributed by atoms with Crippen molar-refractivity contribution in [3.05, 3.63) is 57.5 Å². The molecule has 20 heavy (non-hydrogen) atoms. The number of halogens is 2. The van der Waals surface area contributed by atoms with Gasteiger partial charge >= 0.3 is 0 Å². The predicted molar refractivity (Wildman–Crippen MR) is 88.9 cm³/mol. The molecule has 2 aromatic carbocycles. The standard InChI is InChI=1S/C16H17BrClNO/c1-11(9-12-3-6-14(20-2)7-4-12)19-16-8-5-13(18)10-15(16)17/h3-8,10-11,19H,9H2,1-2H3. The molecule has 0 saturated carbocycles.